The molecule has 0 fully saturated rings. The number of nitrogens with one attached hydrogen (secondary N) is 1. The van der Waals surface area contributed by atoms with Crippen LogP contribution in [-0.4, -0.2) is 34.5 Å². The first-order valence-corrected chi connectivity index (χ1v) is 4.58. The lowest BCUT2D eigenvalue weighted by molar-refractivity contribution is 0.111. The van der Waals surface area contributed by atoms with E-state index < -0.39 is 0 Å². The smallest absolute Gasteiger partial charge is 0.170 e. The molecule has 0 saturated heterocycles. The maximum atomic E-state index is 10.6. The maximum absolute atomic E-state index is 10.6. The van der Waals surface area contributed by atoms with E-state index in [0.29, 0.717) is 5.69 Å². The number of nitrogens with zero attached hydrogens (tertiary/aromatic N) is 2. The molecule has 0 atom stereocenters. The molecule has 0 radical (unpaired) electrons. The van der Waals surface area contributed by atoms with E-state index in [1.54, 1.807) is 0 Å². The Balaban J connectivity index is 2.30. The number of likely N-dealkylation sites (N-methyl/N-ethyl adjacent to an activating group) is 1. The number of H-pyrrole nitrogens is 1. The van der Waals surface area contributed by atoms with Gasteiger partial charge in [-0.2, -0.15) is 5.10 Å². The molecule has 1 aliphatic heterocycles. The Morgan fingerprint density at radius 2 is 2.54 bits per heavy atom. The third-order valence-electron chi connectivity index (χ3n) is 2.60. The predicted molar refractivity (Wildman–Crippen MR) is 48.6 cm³/mol. The van der Waals surface area contributed by atoms with Crippen molar-refractivity contribution < 1.29 is 4.79 Å². The van der Waals surface area contributed by atoms with Gasteiger partial charge in [-0.25, -0.2) is 0 Å². The molecule has 1 aliphatic rings. The molecule has 0 bridgehead atoms. The summed E-state index contributed by atoms with van der Waals surface area (Å²) in [7, 11) is 0. The number of rotatable bonds is 2. The SMILES string of the molecule is CCN1CCc2[nH]nc(C=O)c2C1. The van der Waals surface area contributed by atoms with Gasteiger partial charge in [0.25, 0.3) is 0 Å². The van der Waals surface area contributed by atoms with E-state index >= 15 is 0 Å². The molecule has 2 heterocycles. The van der Waals surface area contributed by atoms with Crippen LogP contribution in [0.3, 0.4) is 0 Å². The van der Waals surface area contributed by atoms with Crippen molar-refractivity contribution in [3.8, 4) is 0 Å². The second-order valence-corrected chi connectivity index (χ2v) is 3.30. The predicted octanol–water partition coefficient (Wildman–Crippen LogP) is 0.600. The normalized spacial score (nSPS) is 17.0. The average molecular weight is 179 g/mol. The van der Waals surface area contributed by atoms with Gasteiger partial charge in [-0.05, 0) is 6.54 Å². The molecule has 13 heavy (non-hydrogen) atoms. The molecule has 2 rings (SSSR count). The summed E-state index contributed by atoms with van der Waals surface area (Å²) in [6.07, 6.45) is 1.80. The molecule has 4 nitrogen and oxygen atoms in total. The summed E-state index contributed by atoms with van der Waals surface area (Å²) in [5.41, 5.74) is 2.79. The monoisotopic (exact) mass is 179 g/mol. The first kappa shape index (κ1) is 8.44. The minimum Gasteiger partial charge on any atom is -0.299 e. The highest BCUT2D eigenvalue weighted by Crippen LogP contribution is 2.18. The van der Waals surface area contributed by atoms with Crippen molar-refractivity contribution in [3.63, 3.8) is 0 Å². The summed E-state index contributed by atoms with van der Waals surface area (Å²) in [5.74, 6) is 0. The fourth-order valence-corrected chi connectivity index (χ4v) is 1.74. The molecular weight excluding hydrogens is 166 g/mol. The molecule has 1 aromatic heterocycles. The standard InChI is InChI=1S/C9H13N3O/c1-2-12-4-3-8-7(5-12)9(6-13)11-10-8/h6H,2-5H2,1H3,(H,10,11). The van der Waals surface area contributed by atoms with Crippen LogP contribution in [0, 0.1) is 0 Å². The molecule has 0 aromatic carbocycles. The maximum Gasteiger partial charge on any atom is 0.170 e. The average Bonchev–Trinajstić information content (AvgIpc) is 2.59. The lowest BCUT2D eigenvalue weighted by Crippen LogP contribution is -2.30. The van der Waals surface area contributed by atoms with E-state index in [9.17, 15) is 4.79 Å². The third-order valence-corrected chi connectivity index (χ3v) is 2.60. The van der Waals surface area contributed by atoms with Crippen LogP contribution < -0.4 is 0 Å². The van der Waals surface area contributed by atoms with Crippen molar-refractivity contribution in [2.24, 2.45) is 0 Å². The Morgan fingerprint density at radius 1 is 1.69 bits per heavy atom. The van der Waals surface area contributed by atoms with E-state index in [1.807, 2.05) is 0 Å². The number of aldehydes is 1. The first-order chi connectivity index (χ1) is 6.35. The first-order valence-electron chi connectivity index (χ1n) is 4.58. The highest BCUT2D eigenvalue weighted by molar-refractivity contribution is 5.74. The van der Waals surface area contributed by atoms with Crippen LogP contribution in [0.1, 0.15) is 28.7 Å². The van der Waals surface area contributed by atoms with Gasteiger partial charge in [-0.15, -0.1) is 0 Å². The van der Waals surface area contributed by atoms with Crippen molar-refractivity contribution >= 4 is 6.29 Å². The molecule has 0 aliphatic carbocycles. The van der Waals surface area contributed by atoms with E-state index in [4.69, 9.17) is 0 Å². The van der Waals surface area contributed by atoms with Gasteiger partial charge in [0.05, 0.1) is 0 Å². The summed E-state index contributed by atoms with van der Waals surface area (Å²) < 4.78 is 0. The second-order valence-electron chi connectivity index (χ2n) is 3.30. The van der Waals surface area contributed by atoms with E-state index in [-0.39, 0.29) is 0 Å². The van der Waals surface area contributed by atoms with Gasteiger partial charge in [-0.1, -0.05) is 6.92 Å². The van der Waals surface area contributed by atoms with Gasteiger partial charge in [0.1, 0.15) is 5.69 Å². The largest absolute Gasteiger partial charge is 0.299 e. The number of fused-ring (bicyclic) bond motifs is 1. The Hall–Kier alpha value is -1.16. The summed E-state index contributed by atoms with van der Waals surface area (Å²) in [6, 6.07) is 0. The lowest BCUT2D eigenvalue weighted by atomic mass is 10.1. The molecule has 1 aromatic rings. The van der Waals surface area contributed by atoms with E-state index in [1.165, 1.54) is 0 Å². The van der Waals surface area contributed by atoms with Crippen LogP contribution >= 0.6 is 0 Å². The lowest BCUT2D eigenvalue weighted by Gasteiger charge is -2.24. The third kappa shape index (κ3) is 1.37. The zero-order chi connectivity index (χ0) is 9.26. The molecule has 4 heteroatoms. The Labute approximate surface area is 76.9 Å². The number of aromatic nitrogens is 2. The second kappa shape index (κ2) is 3.30. The highest BCUT2D eigenvalue weighted by atomic mass is 16.1. The molecule has 0 unspecified atom stereocenters. The number of hydrogen-bond acceptors (Lipinski definition) is 3. The fraction of sp³-hybridized carbons (Fsp3) is 0.556. The number of carbonyl (C=O) groups is 1. The quantitative estimate of drug-likeness (QED) is 0.676. The van der Waals surface area contributed by atoms with Crippen LogP contribution in [0.4, 0.5) is 0 Å². The van der Waals surface area contributed by atoms with Gasteiger partial charge in [0.15, 0.2) is 6.29 Å². The van der Waals surface area contributed by atoms with Gasteiger partial charge >= 0.3 is 0 Å². The number of aromatic amines is 1. The van der Waals surface area contributed by atoms with Crippen LogP contribution in [0.25, 0.3) is 0 Å². The number of hydrogen-bond donors (Lipinski definition) is 1. The van der Waals surface area contributed by atoms with Gasteiger partial charge in [0, 0.05) is 30.8 Å². The van der Waals surface area contributed by atoms with Crippen molar-refractivity contribution in [2.75, 3.05) is 13.1 Å². The van der Waals surface area contributed by atoms with Crippen molar-refractivity contribution in [1.29, 1.82) is 0 Å². The minimum atomic E-state index is 0.577. The molecular formula is C9H13N3O. The number of carbonyl (C=O) groups excluding carboxylic acids is 1. The Bertz CT molecular complexity index is 319. The molecule has 0 amide bonds. The Kier molecular flexibility index (Phi) is 2.14. The summed E-state index contributed by atoms with van der Waals surface area (Å²) >= 11 is 0. The van der Waals surface area contributed by atoms with Crippen LogP contribution in [0.2, 0.25) is 0 Å². The van der Waals surface area contributed by atoms with Gasteiger partial charge in [0.2, 0.25) is 0 Å². The van der Waals surface area contributed by atoms with Crippen LogP contribution in [0.15, 0.2) is 0 Å². The summed E-state index contributed by atoms with van der Waals surface area (Å²) in [5, 5.41) is 6.88. The molecule has 70 valence electrons. The van der Waals surface area contributed by atoms with Crippen LogP contribution in [-0.2, 0) is 13.0 Å². The Morgan fingerprint density at radius 3 is 3.23 bits per heavy atom. The van der Waals surface area contributed by atoms with Crippen molar-refractivity contribution in [2.45, 2.75) is 19.9 Å². The minimum absolute atomic E-state index is 0.577. The van der Waals surface area contributed by atoms with Crippen molar-refractivity contribution in [1.82, 2.24) is 15.1 Å². The highest BCUT2D eigenvalue weighted by Gasteiger charge is 2.20. The van der Waals surface area contributed by atoms with Gasteiger partial charge < -0.3 is 0 Å². The zero-order valence-electron chi connectivity index (χ0n) is 7.71. The molecule has 1 N–H and O–H groups in total. The summed E-state index contributed by atoms with van der Waals surface area (Å²) in [6.45, 7) is 5.08. The van der Waals surface area contributed by atoms with Crippen molar-refractivity contribution in [3.05, 3.63) is 17.0 Å². The van der Waals surface area contributed by atoms with E-state index in [2.05, 4.69) is 22.0 Å². The van der Waals surface area contributed by atoms with E-state index in [0.717, 1.165) is 43.6 Å². The topological polar surface area (TPSA) is 49.0 Å². The molecule has 0 saturated carbocycles. The zero-order valence-corrected chi connectivity index (χ0v) is 7.71. The fourth-order valence-electron chi connectivity index (χ4n) is 1.74. The van der Waals surface area contributed by atoms with Crippen LogP contribution in [0.5, 0.6) is 0 Å². The summed E-state index contributed by atoms with van der Waals surface area (Å²) in [4.78, 5) is 12.9. The molecule has 0 spiro atoms. The van der Waals surface area contributed by atoms with Gasteiger partial charge in [-0.3, -0.25) is 14.8 Å².